The molecule has 2 rings (SSSR count). The first kappa shape index (κ1) is 23.4. The number of thioether (sulfide) groups is 1. The van der Waals surface area contributed by atoms with Crippen LogP contribution in [0, 0.1) is 0 Å². The van der Waals surface area contributed by atoms with Gasteiger partial charge in [-0.1, -0.05) is 37.2 Å². The molecule has 0 fully saturated rings. The highest BCUT2D eigenvalue weighted by Crippen LogP contribution is 2.30. The number of rotatable bonds is 9. The second-order valence-electron chi connectivity index (χ2n) is 5.69. The van der Waals surface area contributed by atoms with Crippen LogP contribution in [0.15, 0.2) is 34.4 Å². The molecule has 29 heavy (non-hydrogen) atoms. The molecule has 0 spiro atoms. The number of benzene rings is 1. The Hall–Kier alpha value is -1.88. The molecule has 1 heterocycles. The number of amides is 1. The Labute approximate surface area is 180 Å². The summed E-state index contributed by atoms with van der Waals surface area (Å²) in [5, 5.41) is 3.14. The fourth-order valence-corrected chi connectivity index (χ4v) is 4.70. The lowest BCUT2D eigenvalue weighted by Crippen LogP contribution is -2.31. The minimum absolute atomic E-state index is 0.00746. The summed E-state index contributed by atoms with van der Waals surface area (Å²) in [6, 6.07) is 4.46. The lowest BCUT2D eigenvalue weighted by Gasteiger charge is -2.21. The summed E-state index contributed by atoms with van der Waals surface area (Å²) >= 11 is 7.32. The molecule has 1 N–H and O–H groups in total. The Morgan fingerprint density at radius 1 is 1.28 bits per heavy atom. The number of ether oxygens (including phenoxy) is 1. The lowest BCUT2D eigenvalue weighted by molar-refractivity contribution is 0.102. The van der Waals surface area contributed by atoms with Crippen molar-refractivity contribution in [3.63, 3.8) is 0 Å². The predicted molar refractivity (Wildman–Crippen MR) is 114 cm³/mol. The number of nitrogens with one attached hydrogen (secondary N) is 1. The summed E-state index contributed by atoms with van der Waals surface area (Å²) in [5.74, 6) is -0.342. The first-order chi connectivity index (χ1) is 13.8. The maximum absolute atomic E-state index is 13.0. The Morgan fingerprint density at radius 3 is 2.55 bits per heavy atom. The average Bonchev–Trinajstić information content (AvgIpc) is 2.70. The molecule has 11 heteroatoms. The maximum atomic E-state index is 13.0. The van der Waals surface area contributed by atoms with Gasteiger partial charge in [0, 0.05) is 18.8 Å². The van der Waals surface area contributed by atoms with E-state index in [1.807, 2.05) is 0 Å². The van der Waals surface area contributed by atoms with E-state index in [0.717, 1.165) is 0 Å². The molecule has 0 unspecified atom stereocenters. The molecular formula is C18H23ClN4O4S2. The second-order valence-corrected chi connectivity index (χ2v) is 8.78. The number of aromatic nitrogens is 2. The third kappa shape index (κ3) is 5.39. The number of hydrogen-bond donors (Lipinski definition) is 1. The van der Waals surface area contributed by atoms with Gasteiger partial charge in [0.15, 0.2) is 10.9 Å². The highest BCUT2D eigenvalue weighted by molar-refractivity contribution is 7.98. The molecule has 0 aliphatic rings. The van der Waals surface area contributed by atoms with Gasteiger partial charge in [0.05, 0.1) is 17.8 Å². The fourth-order valence-electron chi connectivity index (χ4n) is 2.56. The van der Waals surface area contributed by atoms with Crippen molar-refractivity contribution in [2.24, 2.45) is 0 Å². The number of carbonyl (C=O) groups is 1. The van der Waals surface area contributed by atoms with Gasteiger partial charge >= 0.3 is 0 Å². The zero-order valence-corrected chi connectivity index (χ0v) is 19.0. The molecule has 0 radical (unpaired) electrons. The van der Waals surface area contributed by atoms with E-state index in [9.17, 15) is 13.2 Å². The Morgan fingerprint density at radius 2 is 1.97 bits per heavy atom. The molecule has 0 aliphatic carbocycles. The Bertz CT molecular complexity index is 982. The van der Waals surface area contributed by atoms with Crippen molar-refractivity contribution in [1.29, 1.82) is 0 Å². The van der Waals surface area contributed by atoms with E-state index in [4.69, 9.17) is 16.3 Å². The van der Waals surface area contributed by atoms with Crippen molar-refractivity contribution < 1.29 is 17.9 Å². The minimum atomic E-state index is -3.79. The number of anilines is 1. The first-order valence-electron chi connectivity index (χ1n) is 8.93. The lowest BCUT2D eigenvalue weighted by atomic mass is 10.3. The normalized spacial score (nSPS) is 11.5. The largest absolute Gasteiger partial charge is 0.492 e. The summed E-state index contributed by atoms with van der Waals surface area (Å²) in [6.07, 6.45) is 3.13. The Kier molecular flexibility index (Phi) is 8.26. The smallest absolute Gasteiger partial charge is 0.275 e. The molecular weight excluding hydrogens is 436 g/mol. The van der Waals surface area contributed by atoms with Gasteiger partial charge in [-0.15, -0.1) is 0 Å². The van der Waals surface area contributed by atoms with Gasteiger partial charge in [-0.2, -0.15) is 4.31 Å². The topological polar surface area (TPSA) is 101 Å². The SMILES string of the molecule is CCOc1ccc(NC(=O)c2nc(SC)ncc2Cl)cc1S(=O)(=O)N(CC)CC. The van der Waals surface area contributed by atoms with Crippen LogP contribution in [0.25, 0.3) is 0 Å². The molecule has 0 bridgehead atoms. The van der Waals surface area contributed by atoms with E-state index in [1.54, 1.807) is 33.1 Å². The van der Waals surface area contributed by atoms with Crippen molar-refractivity contribution in [3.05, 3.63) is 35.1 Å². The van der Waals surface area contributed by atoms with Crippen molar-refractivity contribution in [3.8, 4) is 5.75 Å². The number of sulfonamides is 1. The van der Waals surface area contributed by atoms with Crippen molar-refractivity contribution in [2.45, 2.75) is 30.8 Å². The summed E-state index contributed by atoms with van der Waals surface area (Å²) in [6.45, 7) is 6.22. The molecule has 2 aromatic rings. The summed E-state index contributed by atoms with van der Waals surface area (Å²) in [5.41, 5.74) is 0.289. The number of carbonyl (C=O) groups excluding carboxylic acids is 1. The first-order valence-corrected chi connectivity index (χ1v) is 12.0. The molecule has 0 saturated carbocycles. The summed E-state index contributed by atoms with van der Waals surface area (Å²) in [4.78, 5) is 20.7. The van der Waals surface area contributed by atoms with Gasteiger partial charge in [-0.3, -0.25) is 4.79 Å². The van der Waals surface area contributed by atoms with E-state index >= 15 is 0 Å². The quantitative estimate of drug-likeness (QED) is 0.453. The zero-order valence-electron chi connectivity index (χ0n) is 16.6. The van der Waals surface area contributed by atoms with Gasteiger partial charge < -0.3 is 10.1 Å². The van der Waals surface area contributed by atoms with Crippen molar-refractivity contribution in [1.82, 2.24) is 14.3 Å². The molecule has 0 atom stereocenters. The zero-order chi connectivity index (χ0) is 21.6. The predicted octanol–water partition coefficient (Wildman–Crippen LogP) is 3.53. The average molecular weight is 459 g/mol. The molecule has 1 aromatic carbocycles. The van der Waals surface area contributed by atoms with Crippen LogP contribution in [0.5, 0.6) is 5.75 Å². The number of nitrogens with zero attached hydrogens (tertiary/aromatic N) is 3. The van der Waals surface area contributed by atoms with Gasteiger partial charge in [0.25, 0.3) is 5.91 Å². The third-order valence-corrected chi connectivity index (χ3v) is 6.85. The highest BCUT2D eigenvalue weighted by atomic mass is 35.5. The molecule has 0 aliphatic heterocycles. The van der Waals surface area contributed by atoms with E-state index in [0.29, 0.717) is 24.9 Å². The van der Waals surface area contributed by atoms with E-state index in [2.05, 4.69) is 15.3 Å². The van der Waals surface area contributed by atoms with E-state index in [-0.39, 0.29) is 27.0 Å². The molecule has 1 amide bonds. The van der Waals surface area contributed by atoms with Crippen LogP contribution in [-0.2, 0) is 10.0 Å². The van der Waals surface area contributed by atoms with Crippen LogP contribution in [0.2, 0.25) is 5.02 Å². The van der Waals surface area contributed by atoms with Crippen LogP contribution >= 0.6 is 23.4 Å². The van der Waals surface area contributed by atoms with Crippen LogP contribution < -0.4 is 10.1 Å². The number of halogens is 1. The highest BCUT2D eigenvalue weighted by Gasteiger charge is 2.26. The van der Waals surface area contributed by atoms with Gasteiger partial charge in [-0.25, -0.2) is 18.4 Å². The standard InChI is InChI=1S/C18H23ClN4O4S2/c1-5-23(6-2)29(25,26)15-10-12(8-9-14(15)27-7-3)21-17(24)16-13(19)11-20-18(22-16)28-4/h8-11H,5-7H2,1-4H3,(H,21,24). The maximum Gasteiger partial charge on any atom is 0.275 e. The molecule has 1 aromatic heterocycles. The summed E-state index contributed by atoms with van der Waals surface area (Å²) < 4.78 is 32.9. The van der Waals surface area contributed by atoms with Gasteiger partial charge in [0.1, 0.15) is 10.6 Å². The molecule has 8 nitrogen and oxygen atoms in total. The van der Waals surface area contributed by atoms with Crippen LogP contribution in [-0.4, -0.2) is 54.6 Å². The minimum Gasteiger partial charge on any atom is -0.492 e. The second kappa shape index (κ2) is 10.2. The Balaban J connectivity index is 2.44. The van der Waals surface area contributed by atoms with Crippen molar-refractivity contribution >= 4 is 45.0 Å². The molecule has 158 valence electrons. The monoisotopic (exact) mass is 458 g/mol. The number of hydrogen-bond acceptors (Lipinski definition) is 7. The summed E-state index contributed by atoms with van der Waals surface area (Å²) in [7, 11) is -3.79. The van der Waals surface area contributed by atoms with E-state index < -0.39 is 15.9 Å². The third-order valence-electron chi connectivity index (χ3n) is 3.94. The van der Waals surface area contributed by atoms with Gasteiger partial charge in [0.2, 0.25) is 10.0 Å². The van der Waals surface area contributed by atoms with Crippen molar-refractivity contribution in [2.75, 3.05) is 31.3 Å². The van der Waals surface area contributed by atoms with Crippen LogP contribution in [0.3, 0.4) is 0 Å². The molecule has 0 saturated heterocycles. The fraction of sp³-hybridized carbons (Fsp3) is 0.389. The van der Waals surface area contributed by atoms with Crippen LogP contribution in [0.4, 0.5) is 5.69 Å². The van der Waals surface area contributed by atoms with Gasteiger partial charge in [-0.05, 0) is 31.4 Å². The van der Waals surface area contributed by atoms with Crippen LogP contribution in [0.1, 0.15) is 31.3 Å². The van der Waals surface area contributed by atoms with E-state index in [1.165, 1.54) is 34.4 Å².